The number of anilines is 1. The van der Waals surface area contributed by atoms with Gasteiger partial charge in [-0.25, -0.2) is 0 Å². The molecule has 4 rings (SSSR count). The van der Waals surface area contributed by atoms with Gasteiger partial charge in [0.2, 0.25) is 5.88 Å². The van der Waals surface area contributed by atoms with Crippen molar-refractivity contribution in [1.29, 1.82) is 0 Å². The summed E-state index contributed by atoms with van der Waals surface area (Å²) in [6.07, 6.45) is 0.840. The molecule has 0 unspecified atom stereocenters. The molecule has 0 radical (unpaired) electrons. The van der Waals surface area contributed by atoms with E-state index < -0.39 is 5.91 Å². The fraction of sp³-hybridized carbons (Fsp3) is 0.105. The number of benzene rings is 2. The number of carbonyl (C=O) groups excluding carboxylic acids is 1. The van der Waals surface area contributed by atoms with Gasteiger partial charge < -0.3 is 15.4 Å². The fourth-order valence-electron chi connectivity index (χ4n) is 3.05. The van der Waals surface area contributed by atoms with Gasteiger partial charge in [-0.2, -0.15) is 0 Å². The van der Waals surface area contributed by atoms with E-state index in [2.05, 4.69) is 16.3 Å². The lowest BCUT2D eigenvalue weighted by molar-refractivity contribution is 0.0995. The topological polar surface area (TPSA) is 93.0 Å². The molecule has 1 aliphatic heterocycles. The van der Waals surface area contributed by atoms with Crippen LogP contribution in [0.15, 0.2) is 64.8 Å². The number of rotatable bonds is 2. The number of hydrogen-bond acceptors (Lipinski definition) is 4. The zero-order chi connectivity index (χ0) is 17.4. The summed E-state index contributed by atoms with van der Waals surface area (Å²) in [7, 11) is 0. The van der Waals surface area contributed by atoms with Crippen LogP contribution in [0.2, 0.25) is 0 Å². The van der Waals surface area contributed by atoms with Crippen LogP contribution in [0, 0.1) is 0 Å². The predicted molar refractivity (Wildman–Crippen MR) is 94.9 cm³/mol. The average molecular weight is 332 g/mol. The second-order valence-electron chi connectivity index (χ2n) is 5.92. The molecule has 0 spiro atoms. The molecule has 3 N–H and O–H groups in total. The molecule has 0 saturated carbocycles. The third kappa shape index (κ3) is 2.67. The van der Waals surface area contributed by atoms with Gasteiger partial charge in [0.1, 0.15) is 5.69 Å². The molecule has 0 fully saturated rings. The summed E-state index contributed by atoms with van der Waals surface area (Å²) in [6.45, 7) is 0.666. The van der Waals surface area contributed by atoms with Crippen LogP contribution in [0.4, 0.5) is 11.4 Å². The lowest BCUT2D eigenvalue weighted by Gasteiger charge is -2.19. The zero-order valence-corrected chi connectivity index (χ0v) is 13.4. The number of nitrogens with two attached hydrogens (primary N) is 1. The second kappa shape index (κ2) is 5.90. The Hall–Kier alpha value is -3.41. The van der Waals surface area contributed by atoms with Gasteiger partial charge in [-0.05, 0) is 42.3 Å². The quantitative estimate of drug-likeness (QED) is 0.550. The molecule has 1 aliphatic rings. The summed E-state index contributed by atoms with van der Waals surface area (Å²) in [6, 6.07) is 16.3. The first-order valence-corrected chi connectivity index (χ1v) is 7.96. The lowest BCUT2D eigenvalue weighted by Crippen LogP contribution is -2.09. The maximum Gasteiger partial charge on any atom is 0.295 e. The monoisotopic (exact) mass is 332 g/mol. The first-order chi connectivity index (χ1) is 12.1. The highest BCUT2D eigenvalue weighted by Gasteiger charge is 2.21. The van der Waals surface area contributed by atoms with Crippen molar-refractivity contribution in [2.75, 3.05) is 5.73 Å². The first-order valence-electron chi connectivity index (χ1n) is 7.96. The first kappa shape index (κ1) is 15.1. The molecule has 1 aromatic heterocycles. The third-order valence-electron chi connectivity index (χ3n) is 4.35. The van der Waals surface area contributed by atoms with Crippen molar-refractivity contribution < 1.29 is 9.90 Å². The van der Waals surface area contributed by atoms with Crippen molar-refractivity contribution in [2.24, 2.45) is 10.2 Å². The number of amides is 1. The largest absolute Gasteiger partial charge is 0.493 e. The highest BCUT2D eigenvalue weighted by atomic mass is 16.3. The number of hydrogen-bond donors (Lipinski definition) is 2. The van der Waals surface area contributed by atoms with E-state index >= 15 is 0 Å². The summed E-state index contributed by atoms with van der Waals surface area (Å²) in [4.78, 5) is 12.1. The normalized spacial score (nSPS) is 12.8. The van der Waals surface area contributed by atoms with Crippen molar-refractivity contribution in [1.82, 2.24) is 4.57 Å². The van der Waals surface area contributed by atoms with Crippen LogP contribution in [0.5, 0.6) is 5.88 Å². The smallest absolute Gasteiger partial charge is 0.295 e. The van der Waals surface area contributed by atoms with Crippen molar-refractivity contribution in [2.45, 2.75) is 13.0 Å². The maximum atomic E-state index is 12.1. The summed E-state index contributed by atoms with van der Waals surface area (Å²) >= 11 is 0. The molecule has 0 aliphatic carbocycles. The van der Waals surface area contributed by atoms with E-state index in [0.29, 0.717) is 17.8 Å². The van der Waals surface area contributed by atoms with E-state index in [1.807, 2.05) is 18.2 Å². The van der Waals surface area contributed by atoms with E-state index in [4.69, 9.17) is 5.73 Å². The van der Waals surface area contributed by atoms with Gasteiger partial charge in [0, 0.05) is 23.4 Å². The predicted octanol–water partition coefficient (Wildman–Crippen LogP) is 3.92. The Morgan fingerprint density at radius 1 is 1.12 bits per heavy atom. The van der Waals surface area contributed by atoms with E-state index in [0.717, 1.165) is 17.7 Å². The highest BCUT2D eigenvalue weighted by molar-refractivity contribution is 5.95. The molecule has 1 amide bonds. The third-order valence-corrected chi connectivity index (χ3v) is 4.35. The standard InChI is InChI=1S/C19H16N4O2/c20-14-7-5-13(6-8-14)18(24)22-21-16-11-17-15-4-2-1-3-12(15)9-10-23(17)19(16)25/h1-8,11,25H,9-10,20H2. The number of nitrogen functional groups attached to an aromatic ring is 1. The highest BCUT2D eigenvalue weighted by Crippen LogP contribution is 2.40. The number of fused-ring (bicyclic) bond motifs is 3. The minimum atomic E-state index is -0.482. The van der Waals surface area contributed by atoms with Crippen molar-refractivity contribution in [3.05, 3.63) is 65.7 Å². The molecule has 124 valence electrons. The zero-order valence-electron chi connectivity index (χ0n) is 13.4. The van der Waals surface area contributed by atoms with Gasteiger partial charge >= 0.3 is 0 Å². The molecule has 6 heteroatoms. The van der Waals surface area contributed by atoms with Crippen LogP contribution in [0.1, 0.15) is 15.9 Å². The Balaban J connectivity index is 1.66. The summed E-state index contributed by atoms with van der Waals surface area (Å²) in [5, 5.41) is 18.1. The molecule has 2 aromatic carbocycles. The summed E-state index contributed by atoms with van der Waals surface area (Å²) in [5.74, 6) is -0.456. The molecule has 0 bridgehead atoms. The minimum absolute atomic E-state index is 0.0263. The van der Waals surface area contributed by atoms with Crippen molar-refractivity contribution >= 4 is 17.3 Å². The van der Waals surface area contributed by atoms with E-state index in [-0.39, 0.29) is 11.6 Å². The van der Waals surface area contributed by atoms with Crippen LogP contribution in [-0.2, 0) is 13.0 Å². The molecule has 25 heavy (non-hydrogen) atoms. The number of aromatic nitrogens is 1. The van der Waals surface area contributed by atoms with Crippen molar-refractivity contribution in [3.63, 3.8) is 0 Å². The Morgan fingerprint density at radius 3 is 2.68 bits per heavy atom. The molecule has 2 heterocycles. The summed E-state index contributed by atoms with van der Waals surface area (Å²) < 4.78 is 1.80. The van der Waals surface area contributed by atoms with Gasteiger partial charge in [-0.1, -0.05) is 24.3 Å². The molecule has 0 saturated heterocycles. The minimum Gasteiger partial charge on any atom is -0.493 e. The maximum absolute atomic E-state index is 12.1. The summed E-state index contributed by atoms with van der Waals surface area (Å²) in [5.41, 5.74) is 10.0. The van der Waals surface area contributed by atoms with Crippen LogP contribution >= 0.6 is 0 Å². The van der Waals surface area contributed by atoms with Crippen LogP contribution in [0.3, 0.4) is 0 Å². The number of azo groups is 1. The molecule has 0 atom stereocenters. The van der Waals surface area contributed by atoms with Gasteiger partial charge in [0.25, 0.3) is 5.91 Å². The van der Waals surface area contributed by atoms with Gasteiger partial charge in [0.15, 0.2) is 0 Å². The number of carbonyl (C=O) groups is 1. The van der Waals surface area contributed by atoms with Gasteiger partial charge in [0.05, 0.1) is 5.69 Å². The Kier molecular flexibility index (Phi) is 3.57. The number of nitrogens with zero attached hydrogens (tertiary/aromatic N) is 3. The second-order valence-corrected chi connectivity index (χ2v) is 5.92. The number of aromatic hydroxyl groups is 1. The SMILES string of the molecule is Nc1ccc(C(=O)N=Nc2cc3n(c2O)CCc2ccccc2-3)cc1. The van der Waals surface area contributed by atoms with Crippen LogP contribution in [0.25, 0.3) is 11.3 Å². The van der Waals surface area contributed by atoms with E-state index in [1.165, 1.54) is 5.56 Å². The van der Waals surface area contributed by atoms with Crippen LogP contribution < -0.4 is 5.73 Å². The molecule has 3 aromatic rings. The van der Waals surface area contributed by atoms with Gasteiger partial charge in [-0.15, -0.1) is 10.2 Å². The fourth-order valence-corrected chi connectivity index (χ4v) is 3.05. The Labute approximate surface area is 144 Å². The Morgan fingerprint density at radius 2 is 1.88 bits per heavy atom. The molecular formula is C19H16N4O2. The molecular weight excluding hydrogens is 316 g/mol. The Bertz CT molecular complexity index is 987. The van der Waals surface area contributed by atoms with Crippen molar-refractivity contribution in [3.8, 4) is 17.1 Å². The van der Waals surface area contributed by atoms with Gasteiger partial charge in [-0.3, -0.25) is 4.79 Å². The van der Waals surface area contributed by atoms with E-state index in [9.17, 15) is 9.90 Å². The number of aryl methyl sites for hydroxylation is 1. The lowest BCUT2D eigenvalue weighted by atomic mass is 9.99. The molecule has 6 nitrogen and oxygen atoms in total. The van der Waals surface area contributed by atoms with E-state index in [1.54, 1.807) is 34.9 Å². The van der Waals surface area contributed by atoms with Crippen LogP contribution in [-0.4, -0.2) is 15.6 Å². The average Bonchev–Trinajstić information content (AvgIpc) is 2.97.